The average Bonchev–Trinajstić information content (AvgIpc) is 2.48. The fraction of sp³-hybridized carbons (Fsp3) is 0.571. The third kappa shape index (κ3) is 5.21. The molecule has 7 heteroatoms. The monoisotopic (exact) mass is 431 g/mol. The summed E-state index contributed by atoms with van der Waals surface area (Å²) >= 11 is 2.11. The summed E-state index contributed by atoms with van der Waals surface area (Å²) in [6, 6.07) is 5.46. The molecule has 0 atom stereocenters. The predicted molar refractivity (Wildman–Crippen MR) is 88.6 cm³/mol. The summed E-state index contributed by atoms with van der Waals surface area (Å²) in [5.41, 5.74) is 0.287. The van der Waals surface area contributed by atoms with Crippen molar-refractivity contribution < 1.29 is 17.4 Å². The lowest BCUT2D eigenvalue weighted by molar-refractivity contribution is -0.137. The van der Waals surface area contributed by atoms with E-state index in [1.54, 1.807) is 12.1 Å². The molecule has 1 heterocycles. The van der Waals surface area contributed by atoms with Crippen LogP contribution in [-0.2, 0) is 10.4 Å². The van der Waals surface area contributed by atoms with Gasteiger partial charge in [0.1, 0.15) is 0 Å². The summed E-state index contributed by atoms with van der Waals surface area (Å²) in [7, 11) is 1.36. The first-order valence-corrected chi connectivity index (χ1v) is 10.1. The Bertz CT molecular complexity index is 433. The largest absolute Gasteiger partial charge is 0.416 e. The molecule has 21 heavy (non-hydrogen) atoms. The highest BCUT2D eigenvalue weighted by atomic mass is 127. The Labute approximate surface area is 139 Å². The van der Waals surface area contributed by atoms with Gasteiger partial charge in [-0.1, -0.05) is 0 Å². The van der Waals surface area contributed by atoms with Gasteiger partial charge >= 0.3 is 6.18 Å². The van der Waals surface area contributed by atoms with Crippen LogP contribution in [0.3, 0.4) is 0 Å². The van der Waals surface area contributed by atoms with Gasteiger partial charge in [-0.15, -0.1) is 0 Å². The fourth-order valence-electron chi connectivity index (χ4n) is 2.59. The molecule has 1 aliphatic rings. The molecule has 1 saturated heterocycles. The molecular weight excluding hydrogens is 414 g/mol. The average molecular weight is 431 g/mol. The summed E-state index contributed by atoms with van der Waals surface area (Å²) in [5.74, 6) is 0.652. The van der Waals surface area contributed by atoms with E-state index in [4.69, 9.17) is 4.18 Å². The van der Waals surface area contributed by atoms with Crippen LogP contribution in [0.5, 0.6) is 0 Å². The SMILES string of the molecule is FC(F)(F)c1ccc(N2CCC(CCOSI)CC2)cc1. The highest BCUT2D eigenvalue weighted by Crippen LogP contribution is 2.32. The van der Waals surface area contributed by atoms with Crippen LogP contribution in [0.2, 0.25) is 0 Å². The van der Waals surface area contributed by atoms with E-state index in [0.29, 0.717) is 5.92 Å². The van der Waals surface area contributed by atoms with Crippen molar-refractivity contribution in [2.75, 3.05) is 24.6 Å². The molecule has 0 aromatic heterocycles. The van der Waals surface area contributed by atoms with Gasteiger partial charge in [-0.05, 0) is 49.4 Å². The number of anilines is 1. The number of nitrogens with zero attached hydrogens (tertiary/aromatic N) is 1. The zero-order valence-electron chi connectivity index (χ0n) is 11.4. The first-order valence-electron chi connectivity index (χ1n) is 6.83. The number of hydrogen-bond donors (Lipinski definition) is 0. The number of rotatable bonds is 5. The van der Waals surface area contributed by atoms with Gasteiger partial charge < -0.3 is 9.08 Å². The highest BCUT2D eigenvalue weighted by Gasteiger charge is 2.30. The van der Waals surface area contributed by atoms with Crippen LogP contribution in [0.15, 0.2) is 24.3 Å². The van der Waals surface area contributed by atoms with Gasteiger partial charge in [-0.2, -0.15) is 13.2 Å². The van der Waals surface area contributed by atoms with E-state index in [-0.39, 0.29) is 0 Å². The molecular formula is C14H17F3INOS. The molecule has 0 saturated carbocycles. The minimum absolute atomic E-state index is 0.588. The van der Waals surface area contributed by atoms with Gasteiger partial charge in [-0.3, -0.25) is 0 Å². The van der Waals surface area contributed by atoms with E-state index in [1.807, 2.05) is 0 Å². The maximum absolute atomic E-state index is 12.5. The highest BCUT2D eigenvalue weighted by molar-refractivity contribution is 14.2. The van der Waals surface area contributed by atoms with E-state index >= 15 is 0 Å². The van der Waals surface area contributed by atoms with Crippen molar-refractivity contribution in [3.8, 4) is 0 Å². The van der Waals surface area contributed by atoms with E-state index in [0.717, 1.165) is 56.8 Å². The second kappa shape index (κ2) is 7.92. The molecule has 0 spiro atoms. The predicted octanol–water partition coefficient (Wildman–Crippen LogP) is 5.33. The second-order valence-electron chi connectivity index (χ2n) is 5.15. The molecule has 0 unspecified atom stereocenters. The van der Waals surface area contributed by atoms with Gasteiger partial charge in [0, 0.05) is 40.0 Å². The summed E-state index contributed by atoms with van der Waals surface area (Å²) in [6.45, 7) is 2.55. The van der Waals surface area contributed by atoms with Crippen molar-refractivity contribution in [3.63, 3.8) is 0 Å². The molecule has 118 valence electrons. The minimum Gasteiger partial charge on any atom is -0.372 e. The van der Waals surface area contributed by atoms with Gasteiger partial charge in [0.25, 0.3) is 0 Å². The van der Waals surface area contributed by atoms with Crippen molar-refractivity contribution in [1.29, 1.82) is 0 Å². The molecule has 1 aromatic carbocycles. The Morgan fingerprint density at radius 3 is 2.33 bits per heavy atom. The third-order valence-corrected chi connectivity index (χ3v) is 4.85. The normalized spacial score (nSPS) is 17.2. The Balaban J connectivity index is 1.85. The Kier molecular flexibility index (Phi) is 6.49. The molecule has 0 radical (unpaired) electrons. The number of alkyl halides is 3. The van der Waals surface area contributed by atoms with Crippen LogP contribution in [0.1, 0.15) is 24.8 Å². The Hall–Kier alpha value is -0.150. The molecule has 2 rings (SSSR count). The molecule has 0 aliphatic carbocycles. The smallest absolute Gasteiger partial charge is 0.372 e. The summed E-state index contributed by atoms with van der Waals surface area (Å²) in [6.07, 6.45) is -1.08. The standard InChI is InChI=1S/C14H17F3INOS/c15-14(16,17)12-1-3-13(4-2-12)19-8-5-11(6-9-19)7-10-20-21-18/h1-4,11H,5-10H2. The molecule has 0 bridgehead atoms. The Morgan fingerprint density at radius 1 is 1.19 bits per heavy atom. The lowest BCUT2D eigenvalue weighted by Gasteiger charge is -2.33. The van der Waals surface area contributed by atoms with Gasteiger partial charge in [0.2, 0.25) is 0 Å². The van der Waals surface area contributed by atoms with E-state index < -0.39 is 11.7 Å². The number of piperidine rings is 1. The van der Waals surface area contributed by atoms with E-state index in [2.05, 4.69) is 26.1 Å². The van der Waals surface area contributed by atoms with Crippen LogP contribution < -0.4 is 4.90 Å². The van der Waals surface area contributed by atoms with Crippen molar-refractivity contribution in [2.45, 2.75) is 25.4 Å². The van der Waals surface area contributed by atoms with E-state index in [9.17, 15) is 13.2 Å². The maximum atomic E-state index is 12.5. The minimum atomic E-state index is -4.26. The van der Waals surface area contributed by atoms with Crippen LogP contribution in [0.4, 0.5) is 18.9 Å². The quantitative estimate of drug-likeness (QED) is 0.356. The van der Waals surface area contributed by atoms with Crippen LogP contribution in [0, 0.1) is 5.92 Å². The van der Waals surface area contributed by atoms with Crippen LogP contribution in [-0.4, -0.2) is 19.7 Å². The third-order valence-electron chi connectivity index (χ3n) is 3.83. The van der Waals surface area contributed by atoms with Crippen LogP contribution >= 0.6 is 30.4 Å². The summed E-state index contributed by atoms with van der Waals surface area (Å²) < 4.78 is 42.9. The molecule has 1 aromatic rings. The number of halogens is 4. The summed E-state index contributed by atoms with van der Waals surface area (Å²) in [4.78, 5) is 2.16. The van der Waals surface area contributed by atoms with Crippen molar-refractivity contribution in [1.82, 2.24) is 0 Å². The van der Waals surface area contributed by atoms with Crippen LogP contribution in [0.25, 0.3) is 0 Å². The second-order valence-corrected chi connectivity index (χ2v) is 6.59. The maximum Gasteiger partial charge on any atom is 0.416 e. The van der Waals surface area contributed by atoms with Gasteiger partial charge in [0.05, 0.1) is 21.4 Å². The molecule has 1 fully saturated rings. The lowest BCUT2D eigenvalue weighted by atomic mass is 9.93. The molecule has 0 amide bonds. The zero-order chi connectivity index (χ0) is 15.3. The van der Waals surface area contributed by atoms with E-state index in [1.165, 1.54) is 9.21 Å². The number of benzene rings is 1. The Morgan fingerprint density at radius 2 is 1.81 bits per heavy atom. The number of hydrogen-bond acceptors (Lipinski definition) is 3. The van der Waals surface area contributed by atoms with Gasteiger partial charge in [0.15, 0.2) is 0 Å². The fourth-order valence-corrected chi connectivity index (χ4v) is 3.29. The first-order chi connectivity index (χ1) is 10.0. The van der Waals surface area contributed by atoms with Gasteiger partial charge in [-0.25, -0.2) is 0 Å². The topological polar surface area (TPSA) is 12.5 Å². The lowest BCUT2D eigenvalue weighted by Crippen LogP contribution is -2.33. The molecule has 0 N–H and O–H groups in total. The van der Waals surface area contributed by atoms with Crippen molar-refractivity contribution >= 4 is 36.1 Å². The molecule has 1 aliphatic heterocycles. The zero-order valence-corrected chi connectivity index (χ0v) is 14.4. The van der Waals surface area contributed by atoms with Crippen molar-refractivity contribution in [2.24, 2.45) is 5.92 Å². The summed E-state index contributed by atoms with van der Waals surface area (Å²) in [5, 5.41) is 0. The van der Waals surface area contributed by atoms with Crippen molar-refractivity contribution in [3.05, 3.63) is 29.8 Å². The first kappa shape index (κ1) is 17.2. The molecule has 2 nitrogen and oxygen atoms in total.